The van der Waals surface area contributed by atoms with Crippen LogP contribution in [-0.2, 0) is 12.5 Å². The molecule has 2 aromatic carbocycles. The van der Waals surface area contributed by atoms with Crippen molar-refractivity contribution in [2.45, 2.75) is 19.4 Å². The molecule has 1 heterocycles. The lowest BCUT2D eigenvalue weighted by atomic mass is 10.2. The summed E-state index contributed by atoms with van der Waals surface area (Å²) in [5, 5.41) is 1.01. The number of nitrogens with zero attached hydrogens (tertiary/aromatic N) is 1. The summed E-state index contributed by atoms with van der Waals surface area (Å²) in [7, 11) is 1.63. The zero-order chi connectivity index (χ0) is 16.9. The fourth-order valence-electron chi connectivity index (χ4n) is 2.33. The maximum Gasteiger partial charge on any atom is 0.161 e. The first-order valence-electron chi connectivity index (χ1n) is 7.58. The highest BCUT2D eigenvalue weighted by Gasteiger charge is 2.12. The third kappa shape index (κ3) is 3.71. The Morgan fingerprint density at radius 3 is 2.58 bits per heavy atom. The molecule has 0 N–H and O–H groups in total. The summed E-state index contributed by atoms with van der Waals surface area (Å²) >= 11 is 7.54. The lowest BCUT2D eigenvalue weighted by Gasteiger charge is -2.11. The third-order valence-electron chi connectivity index (χ3n) is 3.66. The number of aryl methyl sites for hydroxylation is 1. The van der Waals surface area contributed by atoms with Crippen LogP contribution < -0.4 is 9.47 Å². The molecule has 0 atom stereocenters. The van der Waals surface area contributed by atoms with E-state index in [1.54, 1.807) is 18.4 Å². The molecule has 0 bridgehead atoms. The van der Waals surface area contributed by atoms with E-state index in [1.807, 2.05) is 36.4 Å². The molecule has 1 aromatic heterocycles. The number of rotatable bonds is 6. The molecule has 24 heavy (non-hydrogen) atoms. The van der Waals surface area contributed by atoms with E-state index in [-0.39, 0.29) is 0 Å². The summed E-state index contributed by atoms with van der Waals surface area (Å²) in [6.07, 6.45) is 0. The Morgan fingerprint density at radius 2 is 1.88 bits per heavy atom. The van der Waals surface area contributed by atoms with E-state index in [2.05, 4.69) is 19.1 Å². The first-order valence-corrected chi connectivity index (χ1v) is 8.93. The van der Waals surface area contributed by atoms with E-state index in [0.717, 1.165) is 26.7 Å². The average Bonchev–Trinajstić information content (AvgIpc) is 3.01. The van der Waals surface area contributed by atoms with Gasteiger partial charge < -0.3 is 9.47 Å². The molecule has 0 fully saturated rings. The molecular formula is C19H18ClNO2S. The fourth-order valence-corrected chi connectivity index (χ4v) is 3.42. The molecule has 0 aliphatic heterocycles. The second-order valence-corrected chi connectivity index (χ2v) is 6.77. The van der Waals surface area contributed by atoms with Crippen molar-refractivity contribution in [3.63, 3.8) is 0 Å². The Kier molecular flexibility index (Phi) is 5.38. The van der Waals surface area contributed by atoms with Gasteiger partial charge >= 0.3 is 0 Å². The van der Waals surface area contributed by atoms with Crippen molar-refractivity contribution in [2.75, 3.05) is 7.11 Å². The van der Waals surface area contributed by atoms with E-state index in [0.29, 0.717) is 24.0 Å². The Bertz CT molecular complexity index is 817. The standard InChI is InChI=1S/C19H18ClNO2S/c1-13-16(21-19(24-13)15-6-4-3-5-7-15)12-23-17-9-8-14(11-20)10-18(17)22-2/h3-10H,11-12H2,1-2H3. The molecule has 3 nitrogen and oxygen atoms in total. The van der Waals surface area contributed by atoms with Gasteiger partial charge in [0.15, 0.2) is 11.5 Å². The molecule has 0 unspecified atom stereocenters. The molecule has 3 rings (SSSR count). The summed E-state index contributed by atoms with van der Waals surface area (Å²) in [5.41, 5.74) is 3.07. The fraction of sp³-hybridized carbons (Fsp3) is 0.211. The predicted molar refractivity (Wildman–Crippen MR) is 99.2 cm³/mol. The summed E-state index contributed by atoms with van der Waals surface area (Å²) < 4.78 is 11.3. The van der Waals surface area contributed by atoms with Crippen LogP contribution in [0.2, 0.25) is 0 Å². The van der Waals surface area contributed by atoms with Gasteiger partial charge in [-0.3, -0.25) is 0 Å². The van der Waals surface area contributed by atoms with Crippen molar-refractivity contribution in [3.05, 3.63) is 64.7 Å². The molecule has 0 spiro atoms. The number of hydrogen-bond donors (Lipinski definition) is 0. The van der Waals surface area contributed by atoms with E-state index in [4.69, 9.17) is 26.1 Å². The molecule has 0 aliphatic carbocycles. The molecule has 0 amide bonds. The smallest absolute Gasteiger partial charge is 0.161 e. The van der Waals surface area contributed by atoms with Gasteiger partial charge in [-0.05, 0) is 24.6 Å². The average molecular weight is 360 g/mol. The van der Waals surface area contributed by atoms with Crippen LogP contribution in [0.5, 0.6) is 11.5 Å². The van der Waals surface area contributed by atoms with Crippen LogP contribution in [0.1, 0.15) is 16.1 Å². The molecule has 124 valence electrons. The Balaban J connectivity index is 1.77. The summed E-state index contributed by atoms with van der Waals surface area (Å²) in [4.78, 5) is 5.87. The van der Waals surface area contributed by atoms with Gasteiger partial charge in [0.2, 0.25) is 0 Å². The van der Waals surface area contributed by atoms with Gasteiger partial charge in [-0.15, -0.1) is 22.9 Å². The van der Waals surface area contributed by atoms with Crippen LogP contribution in [0.3, 0.4) is 0 Å². The molecule has 0 radical (unpaired) electrons. The Labute approximate surface area is 150 Å². The largest absolute Gasteiger partial charge is 0.493 e. The van der Waals surface area contributed by atoms with E-state index >= 15 is 0 Å². The molecule has 0 saturated heterocycles. The molecule has 0 aliphatic rings. The van der Waals surface area contributed by atoms with Crippen LogP contribution in [0.15, 0.2) is 48.5 Å². The monoisotopic (exact) mass is 359 g/mol. The number of hydrogen-bond acceptors (Lipinski definition) is 4. The summed E-state index contributed by atoms with van der Waals surface area (Å²) in [5.74, 6) is 1.83. The third-order valence-corrected chi connectivity index (χ3v) is 5.03. The number of thiazole rings is 1. The lowest BCUT2D eigenvalue weighted by Crippen LogP contribution is -2.00. The number of alkyl halides is 1. The zero-order valence-corrected chi connectivity index (χ0v) is 15.2. The minimum absolute atomic E-state index is 0.408. The van der Waals surface area contributed by atoms with Crippen molar-refractivity contribution in [1.82, 2.24) is 4.98 Å². The van der Waals surface area contributed by atoms with Crippen LogP contribution in [0.4, 0.5) is 0 Å². The maximum atomic E-state index is 5.92. The van der Waals surface area contributed by atoms with Gasteiger partial charge in [-0.1, -0.05) is 36.4 Å². The lowest BCUT2D eigenvalue weighted by molar-refractivity contribution is 0.280. The topological polar surface area (TPSA) is 31.4 Å². The minimum Gasteiger partial charge on any atom is -0.493 e. The van der Waals surface area contributed by atoms with Gasteiger partial charge in [0.25, 0.3) is 0 Å². The van der Waals surface area contributed by atoms with Gasteiger partial charge in [0.1, 0.15) is 11.6 Å². The van der Waals surface area contributed by atoms with E-state index in [9.17, 15) is 0 Å². The highest BCUT2D eigenvalue weighted by atomic mass is 35.5. The second kappa shape index (κ2) is 7.69. The van der Waals surface area contributed by atoms with Crippen LogP contribution in [0.25, 0.3) is 10.6 Å². The van der Waals surface area contributed by atoms with Gasteiger partial charge in [0.05, 0.1) is 12.8 Å². The van der Waals surface area contributed by atoms with Gasteiger partial charge in [-0.2, -0.15) is 0 Å². The second-order valence-electron chi connectivity index (χ2n) is 5.30. The number of ether oxygens (including phenoxy) is 2. The number of aromatic nitrogens is 1. The summed E-state index contributed by atoms with van der Waals surface area (Å²) in [6.45, 7) is 2.47. The van der Waals surface area contributed by atoms with E-state index in [1.165, 1.54) is 0 Å². The van der Waals surface area contributed by atoms with Crippen LogP contribution in [-0.4, -0.2) is 12.1 Å². The van der Waals surface area contributed by atoms with Gasteiger partial charge in [0, 0.05) is 16.3 Å². The first-order chi connectivity index (χ1) is 11.7. The zero-order valence-electron chi connectivity index (χ0n) is 13.6. The summed E-state index contributed by atoms with van der Waals surface area (Å²) in [6, 6.07) is 15.9. The van der Waals surface area contributed by atoms with Crippen molar-refractivity contribution >= 4 is 22.9 Å². The first kappa shape index (κ1) is 16.8. The Hall–Kier alpha value is -2.04. The highest BCUT2D eigenvalue weighted by Crippen LogP contribution is 2.31. The highest BCUT2D eigenvalue weighted by molar-refractivity contribution is 7.15. The van der Waals surface area contributed by atoms with Crippen molar-refractivity contribution < 1.29 is 9.47 Å². The SMILES string of the molecule is COc1cc(CCl)ccc1OCc1nc(-c2ccccc2)sc1C. The molecule has 3 aromatic rings. The molecular weight excluding hydrogens is 342 g/mol. The Morgan fingerprint density at radius 1 is 1.08 bits per heavy atom. The maximum absolute atomic E-state index is 5.92. The number of halogens is 1. The van der Waals surface area contributed by atoms with Crippen molar-refractivity contribution in [1.29, 1.82) is 0 Å². The quantitative estimate of drug-likeness (QED) is 0.549. The van der Waals surface area contributed by atoms with Crippen molar-refractivity contribution in [3.8, 4) is 22.1 Å². The van der Waals surface area contributed by atoms with Crippen LogP contribution >= 0.6 is 22.9 Å². The van der Waals surface area contributed by atoms with E-state index < -0.39 is 0 Å². The number of methoxy groups -OCH3 is 1. The molecule has 5 heteroatoms. The minimum atomic E-state index is 0.408. The molecule has 0 saturated carbocycles. The van der Waals surface area contributed by atoms with Crippen molar-refractivity contribution in [2.24, 2.45) is 0 Å². The number of benzene rings is 2. The van der Waals surface area contributed by atoms with Gasteiger partial charge in [-0.25, -0.2) is 4.98 Å². The normalized spacial score (nSPS) is 10.6. The predicted octanol–water partition coefficient (Wildman–Crippen LogP) is 5.44. The van der Waals surface area contributed by atoms with Crippen LogP contribution in [0, 0.1) is 6.92 Å².